The van der Waals surface area contributed by atoms with Crippen LogP contribution in [-0.4, -0.2) is 19.8 Å². The third kappa shape index (κ3) is 3.13. The van der Waals surface area contributed by atoms with Crippen molar-refractivity contribution in [1.29, 1.82) is 5.26 Å². The molecule has 16 heavy (non-hydrogen) atoms. The highest BCUT2D eigenvalue weighted by Crippen LogP contribution is 2.24. The second-order valence-electron chi connectivity index (χ2n) is 3.48. The van der Waals surface area contributed by atoms with Crippen LogP contribution in [0.3, 0.4) is 0 Å². The summed E-state index contributed by atoms with van der Waals surface area (Å²) in [6.45, 7) is 2.67. The maximum absolute atomic E-state index is 9.01. The first-order valence-corrected chi connectivity index (χ1v) is 5.54. The molecule has 0 spiro atoms. The first-order chi connectivity index (χ1) is 7.72. The van der Waals surface area contributed by atoms with Gasteiger partial charge in [0.2, 0.25) is 0 Å². The Bertz CT molecular complexity index is 387. The summed E-state index contributed by atoms with van der Waals surface area (Å²) in [5.74, 6) is 0. The molecule has 0 aliphatic carbocycles. The Labute approximate surface area is 101 Å². The fraction of sp³-hybridized carbons (Fsp3) is 0.417. The average Bonchev–Trinajstić information content (AvgIpc) is 2.28. The van der Waals surface area contributed by atoms with E-state index in [0.29, 0.717) is 17.2 Å². The van der Waals surface area contributed by atoms with Gasteiger partial charge in [0.25, 0.3) is 0 Å². The number of benzene rings is 1. The lowest BCUT2D eigenvalue weighted by Gasteiger charge is -2.18. The monoisotopic (exact) mass is 238 g/mol. The fourth-order valence-corrected chi connectivity index (χ4v) is 1.66. The molecule has 1 atom stereocenters. The molecular weight excluding hydrogens is 224 g/mol. The van der Waals surface area contributed by atoms with E-state index in [1.165, 1.54) is 0 Å². The third-order valence-corrected chi connectivity index (χ3v) is 2.66. The van der Waals surface area contributed by atoms with Gasteiger partial charge in [-0.25, -0.2) is 0 Å². The maximum atomic E-state index is 9.01. The van der Waals surface area contributed by atoms with Crippen molar-refractivity contribution in [3.63, 3.8) is 0 Å². The molecule has 0 saturated heterocycles. The number of methoxy groups -OCH3 is 1. The number of nitrogens with zero attached hydrogens (tertiary/aromatic N) is 1. The Balaban J connectivity index is 2.88. The van der Waals surface area contributed by atoms with Gasteiger partial charge in [0.1, 0.15) is 6.07 Å². The van der Waals surface area contributed by atoms with Crippen molar-refractivity contribution in [2.75, 3.05) is 19.0 Å². The zero-order valence-electron chi connectivity index (χ0n) is 9.46. The summed E-state index contributed by atoms with van der Waals surface area (Å²) < 4.78 is 5.09. The van der Waals surface area contributed by atoms with E-state index in [1.807, 2.05) is 12.1 Å². The number of nitrogens with one attached hydrogen (secondary N) is 1. The van der Waals surface area contributed by atoms with E-state index in [4.69, 9.17) is 21.6 Å². The molecule has 1 rings (SSSR count). The third-order valence-electron chi connectivity index (χ3n) is 2.35. The summed E-state index contributed by atoms with van der Waals surface area (Å²) in [6, 6.07) is 7.68. The molecule has 0 saturated carbocycles. The van der Waals surface area contributed by atoms with Gasteiger partial charge in [-0.15, -0.1) is 0 Å². The number of halogens is 1. The molecule has 0 bridgehead atoms. The van der Waals surface area contributed by atoms with E-state index in [-0.39, 0.29) is 6.04 Å². The van der Waals surface area contributed by atoms with Crippen LogP contribution >= 0.6 is 11.6 Å². The standard InChI is InChI=1S/C12H15ClN2O/c1-3-9(8-16-2)15-12-6-4-5-11(13)10(12)7-14/h4-6,9,15H,3,8H2,1-2H3. The zero-order valence-corrected chi connectivity index (χ0v) is 10.2. The highest BCUT2D eigenvalue weighted by molar-refractivity contribution is 6.32. The summed E-state index contributed by atoms with van der Waals surface area (Å²) in [5, 5.41) is 12.7. The summed E-state index contributed by atoms with van der Waals surface area (Å²) in [6.07, 6.45) is 0.922. The normalized spacial score (nSPS) is 11.9. The Morgan fingerprint density at radius 2 is 2.31 bits per heavy atom. The van der Waals surface area contributed by atoms with E-state index in [0.717, 1.165) is 12.1 Å². The van der Waals surface area contributed by atoms with Gasteiger partial charge >= 0.3 is 0 Å². The Morgan fingerprint density at radius 3 is 2.88 bits per heavy atom. The molecule has 0 aliphatic rings. The lowest BCUT2D eigenvalue weighted by Crippen LogP contribution is -2.24. The fourth-order valence-electron chi connectivity index (χ4n) is 1.44. The van der Waals surface area contributed by atoms with Crippen LogP contribution in [0.25, 0.3) is 0 Å². The van der Waals surface area contributed by atoms with Gasteiger partial charge in [0, 0.05) is 13.2 Å². The van der Waals surface area contributed by atoms with E-state index >= 15 is 0 Å². The van der Waals surface area contributed by atoms with Crippen LogP contribution in [0.5, 0.6) is 0 Å². The van der Waals surface area contributed by atoms with Gasteiger partial charge in [0.15, 0.2) is 0 Å². The van der Waals surface area contributed by atoms with E-state index in [1.54, 1.807) is 13.2 Å². The number of ether oxygens (including phenoxy) is 1. The molecule has 1 N–H and O–H groups in total. The van der Waals surface area contributed by atoms with E-state index < -0.39 is 0 Å². The number of hydrogen-bond acceptors (Lipinski definition) is 3. The molecule has 1 aromatic rings. The average molecular weight is 239 g/mol. The first kappa shape index (κ1) is 12.8. The van der Waals surface area contributed by atoms with Gasteiger partial charge in [0.05, 0.1) is 22.9 Å². The minimum Gasteiger partial charge on any atom is -0.383 e. The quantitative estimate of drug-likeness (QED) is 0.858. The second kappa shape index (κ2) is 6.37. The molecular formula is C12H15ClN2O. The highest BCUT2D eigenvalue weighted by atomic mass is 35.5. The Morgan fingerprint density at radius 1 is 1.56 bits per heavy atom. The van der Waals surface area contributed by atoms with Gasteiger partial charge in [-0.2, -0.15) is 5.26 Å². The summed E-state index contributed by atoms with van der Waals surface area (Å²) >= 11 is 5.94. The molecule has 3 nitrogen and oxygen atoms in total. The van der Waals surface area contributed by atoms with Crippen LogP contribution in [0.4, 0.5) is 5.69 Å². The topological polar surface area (TPSA) is 45.0 Å². The molecule has 0 aromatic heterocycles. The van der Waals surface area contributed by atoms with Gasteiger partial charge in [-0.1, -0.05) is 24.6 Å². The van der Waals surface area contributed by atoms with Crippen molar-refractivity contribution in [3.8, 4) is 6.07 Å². The predicted molar refractivity (Wildman–Crippen MR) is 65.7 cm³/mol. The van der Waals surface area contributed by atoms with Crippen molar-refractivity contribution in [3.05, 3.63) is 28.8 Å². The van der Waals surface area contributed by atoms with Crippen LogP contribution in [0.2, 0.25) is 5.02 Å². The first-order valence-electron chi connectivity index (χ1n) is 5.17. The number of hydrogen-bond donors (Lipinski definition) is 1. The Kier molecular flexibility index (Phi) is 5.10. The highest BCUT2D eigenvalue weighted by Gasteiger charge is 2.10. The molecule has 86 valence electrons. The van der Waals surface area contributed by atoms with Crippen molar-refractivity contribution < 1.29 is 4.74 Å². The molecule has 0 radical (unpaired) electrons. The minimum absolute atomic E-state index is 0.190. The molecule has 1 unspecified atom stereocenters. The lowest BCUT2D eigenvalue weighted by molar-refractivity contribution is 0.184. The Hall–Kier alpha value is -1.24. The van der Waals surface area contributed by atoms with Crippen molar-refractivity contribution in [2.45, 2.75) is 19.4 Å². The summed E-state index contributed by atoms with van der Waals surface area (Å²) in [7, 11) is 1.66. The van der Waals surface area contributed by atoms with Crippen LogP contribution in [0.1, 0.15) is 18.9 Å². The number of nitriles is 1. The van der Waals surface area contributed by atoms with Gasteiger partial charge in [-0.05, 0) is 18.6 Å². The van der Waals surface area contributed by atoms with Gasteiger partial charge in [-0.3, -0.25) is 0 Å². The van der Waals surface area contributed by atoms with Crippen LogP contribution in [0, 0.1) is 11.3 Å². The van der Waals surface area contributed by atoms with Crippen LogP contribution in [-0.2, 0) is 4.74 Å². The molecule has 0 aliphatic heterocycles. The zero-order chi connectivity index (χ0) is 12.0. The molecule has 0 heterocycles. The van der Waals surface area contributed by atoms with Gasteiger partial charge < -0.3 is 10.1 Å². The van der Waals surface area contributed by atoms with Crippen molar-refractivity contribution in [1.82, 2.24) is 0 Å². The number of rotatable bonds is 5. The summed E-state index contributed by atoms with van der Waals surface area (Å²) in [4.78, 5) is 0. The van der Waals surface area contributed by atoms with Crippen LogP contribution < -0.4 is 5.32 Å². The second-order valence-corrected chi connectivity index (χ2v) is 3.89. The summed E-state index contributed by atoms with van der Waals surface area (Å²) in [5.41, 5.74) is 1.25. The lowest BCUT2D eigenvalue weighted by atomic mass is 10.1. The van der Waals surface area contributed by atoms with E-state index in [2.05, 4.69) is 18.3 Å². The smallest absolute Gasteiger partial charge is 0.103 e. The molecule has 0 amide bonds. The molecule has 1 aromatic carbocycles. The largest absolute Gasteiger partial charge is 0.383 e. The molecule has 4 heteroatoms. The predicted octanol–water partition coefficient (Wildman–Crippen LogP) is 3.05. The SMILES string of the molecule is CCC(COC)Nc1cccc(Cl)c1C#N. The molecule has 0 fully saturated rings. The van der Waals surface area contributed by atoms with Crippen molar-refractivity contribution >= 4 is 17.3 Å². The number of anilines is 1. The van der Waals surface area contributed by atoms with E-state index in [9.17, 15) is 0 Å². The maximum Gasteiger partial charge on any atom is 0.103 e. The van der Waals surface area contributed by atoms with Crippen LogP contribution in [0.15, 0.2) is 18.2 Å². The minimum atomic E-state index is 0.190. The van der Waals surface area contributed by atoms with Crippen molar-refractivity contribution in [2.24, 2.45) is 0 Å².